The van der Waals surface area contributed by atoms with Gasteiger partial charge in [-0.15, -0.1) is 0 Å². The third-order valence-electron chi connectivity index (χ3n) is 3.67. The fraction of sp³-hybridized carbons (Fsp3) is 0.429. The summed E-state index contributed by atoms with van der Waals surface area (Å²) in [6.45, 7) is 5.63. The van der Waals surface area contributed by atoms with E-state index in [9.17, 15) is 4.79 Å². The van der Waals surface area contributed by atoms with Crippen LogP contribution < -0.4 is 11.1 Å². The van der Waals surface area contributed by atoms with Crippen molar-refractivity contribution in [1.29, 1.82) is 0 Å². The lowest BCUT2D eigenvalue weighted by Crippen LogP contribution is -2.57. The molecule has 20 heavy (non-hydrogen) atoms. The molecular formula is C14H20BrN3O2. The Kier molecular flexibility index (Phi) is 5.56. The Morgan fingerprint density at radius 1 is 1.45 bits per heavy atom. The molecule has 0 saturated carbocycles. The standard InChI is InChI=1S/C14H20BrN3O2/c1-4-14(5-2,13(16)18-20)17-12(19)10-7-6-8-11(15)9(10)3/h6-8,20H,4-5H2,1-3H3,(H2,16,18)(H,17,19). The second kappa shape index (κ2) is 6.74. The van der Waals surface area contributed by atoms with Gasteiger partial charge in [0, 0.05) is 10.0 Å². The molecule has 0 aliphatic heterocycles. The van der Waals surface area contributed by atoms with Gasteiger partial charge in [-0.3, -0.25) is 4.79 Å². The summed E-state index contributed by atoms with van der Waals surface area (Å²) in [7, 11) is 0. The molecule has 5 nitrogen and oxygen atoms in total. The highest BCUT2D eigenvalue weighted by atomic mass is 79.9. The van der Waals surface area contributed by atoms with Crippen molar-refractivity contribution in [2.75, 3.05) is 0 Å². The second-order valence-corrected chi connectivity index (χ2v) is 5.50. The minimum absolute atomic E-state index is 0.0171. The van der Waals surface area contributed by atoms with Crippen LogP contribution >= 0.6 is 15.9 Å². The minimum Gasteiger partial charge on any atom is -0.409 e. The lowest BCUT2D eigenvalue weighted by molar-refractivity contribution is 0.0917. The van der Waals surface area contributed by atoms with Crippen LogP contribution in [0.5, 0.6) is 0 Å². The molecule has 0 atom stereocenters. The molecule has 0 radical (unpaired) electrons. The number of benzene rings is 1. The molecule has 1 amide bonds. The highest BCUT2D eigenvalue weighted by molar-refractivity contribution is 9.10. The molecule has 110 valence electrons. The van der Waals surface area contributed by atoms with Gasteiger partial charge in [0.1, 0.15) is 5.54 Å². The van der Waals surface area contributed by atoms with E-state index >= 15 is 0 Å². The highest BCUT2D eigenvalue weighted by Gasteiger charge is 2.33. The van der Waals surface area contributed by atoms with E-state index in [2.05, 4.69) is 26.4 Å². The van der Waals surface area contributed by atoms with Gasteiger partial charge in [-0.05, 0) is 37.5 Å². The average Bonchev–Trinajstić information content (AvgIpc) is 2.46. The topological polar surface area (TPSA) is 87.7 Å². The van der Waals surface area contributed by atoms with Crippen molar-refractivity contribution in [2.45, 2.75) is 39.2 Å². The molecule has 0 fully saturated rings. The molecule has 0 saturated heterocycles. The zero-order valence-electron chi connectivity index (χ0n) is 11.9. The first kappa shape index (κ1) is 16.5. The zero-order valence-corrected chi connectivity index (χ0v) is 13.5. The first-order valence-electron chi connectivity index (χ1n) is 6.47. The van der Waals surface area contributed by atoms with Crippen LogP contribution in [0.2, 0.25) is 0 Å². The molecule has 1 aromatic rings. The van der Waals surface area contributed by atoms with E-state index in [1.54, 1.807) is 12.1 Å². The maximum atomic E-state index is 12.4. The fourth-order valence-electron chi connectivity index (χ4n) is 2.09. The third-order valence-corrected chi connectivity index (χ3v) is 4.53. The van der Waals surface area contributed by atoms with Crippen molar-refractivity contribution in [3.8, 4) is 0 Å². The summed E-state index contributed by atoms with van der Waals surface area (Å²) < 4.78 is 0.868. The van der Waals surface area contributed by atoms with Crippen molar-refractivity contribution in [2.24, 2.45) is 10.9 Å². The fourth-order valence-corrected chi connectivity index (χ4v) is 2.45. The number of nitrogens with zero attached hydrogens (tertiary/aromatic N) is 1. The maximum Gasteiger partial charge on any atom is 0.252 e. The van der Waals surface area contributed by atoms with Gasteiger partial charge in [-0.2, -0.15) is 0 Å². The minimum atomic E-state index is -0.833. The number of nitrogens with two attached hydrogens (primary N) is 1. The lowest BCUT2D eigenvalue weighted by Gasteiger charge is -2.31. The van der Waals surface area contributed by atoms with Crippen LogP contribution in [0.25, 0.3) is 0 Å². The van der Waals surface area contributed by atoms with E-state index in [0.29, 0.717) is 18.4 Å². The third kappa shape index (κ3) is 3.12. The van der Waals surface area contributed by atoms with Gasteiger partial charge in [0.2, 0.25) is 0 Å². The summed E-state index contributed by atoms with van der Waals surface area (Å²) >= 11 is 3.40. The number of carbonyl (C=O) groups is 1. The molecule has 0 aromatic heterocycles. The van der Waals surface area contributed by atoms with Crippen LogP contribution in [0.1, 0.15) is 42.6 Å². The number of hydrogen-bond acceptors (Lipinski definition) is 3. The first-order chi connectivity index (χ1) is 9.41. The maximum absolute atomic E-state index is 12.4. The Hall–Kier alpha value is -1.56. The van der Waals surface area contributed by atoms with Gasteiger partial charge < -0.3 is 16.3 Å². The van der Waals surface area contributed by atoms with Crippen LogP contribution in [-0.2, 0) is 0 Å². The van der Waals surface area contributed by atoms with Crippen LogP contribution in [0, 0.1) is 6.92 Å². The molecular weight excluding hydrogens is 322 g/mol. The van der Waals surface area contributed by atoms with Crippen molar-refractivity contribution >= 4 is 27.7 Å². The monoisotopic (exact) mass is 341 g/mol. The molecule has 0 unspecified atom stereocenters. The summed E-state index contributed by atoms with van der Waals surface area (Å²) in [5, 5.41) is 14.9. The number of amidine groups is 1. The molecule has 1 rings (SSSR count). The predicted octanol–water partition coefficient (Wildman–Crippen LogP) is 2.79. The summed E-state index contributed by atoms with van der Waals surface area (Å²) in [6.07, 6.45) is 1.08. The Balaban J connectivity index is 3.12. The van der Waals surface area contributed by atoms with Crippen LogP contribution in [0.4, 0.5) is 0 Å². The molecule has 6 heteroatoms. The molecule has 1 aromatic carbocycles. The summed E-state index contributed by atoms with van der Waals surface area (Å²) in [5.74, 6) is -0.220. The van der Waals surface area contributed by atoms with E-state index in [1.165, 1.54) is 0 Å². The largest absolute Gasteiger partial charge is 0.409 e. The lowest BCUT2D eigenvalue weighted by atomic mass is 9.90. The molecule has 0 aliphatic carbocycles. The number of oxime groups is 1. The zero-order chi connectivity index (χ0) is 15.3. The molecule has 0 bridgehead atoms. The van der Waals surface area contributed by atoms with E-state index in [1.807, 2.05) is 26.8 Å². The molecule has 0 spiro atoms. The SMILES string of the molecule is CCC(CC)(NC(=O)c1cccc(Br)c1C)C(N)=NO. The predicted molar refractivity (Wildman–Crippen MR) is 83.1 cm³/mol. The molecule has 4 N–H and O–H groups in total. The van der Waals surface area contributed by atoms with E-state index < -0.39 is 5.54 Å². The van der Waals surface area contributed by atoms with Gasteiger partial charge in [-0.25, -0.2) is 0 Å². The van der Waals surface area contributed by atoms with Gasteiger partial charge in [0.25, 0.3) is 5.91 Å². The van der Waals surface area contributed by atoms with Crippen molar-refractivity contribution in [1.82, 2.24) is 5.32 Å². The van der Waals surface area contributed by atoms with Gasteiger partial charge in [0.05, 0.1) is 0 Å². The van der Waals surface area contributed by atoms with E-state index in [0.717, 1.165) is 10.0 Å². The van der Waals surface area contributed by atoms with Crippen molar-refractivity contribution < 1.29 is 10.0 Å². The number of hydrogen-bond donors (Lipinski definition) is 3. The smallest absolute Gasteiger partial charge is 0.252 e. The Morgan fingerprint density at radius 2 is 2.05 bits per heavy atom. The Bertz CT molecular complexity index is 525. The van der Waals surface area contributed by atoms with E-state index in [4.69, 9.17) is 10.9 Å². The van der Waals surface area contributed by atoms with Crippen molar-refractivity contribution in [3.05, 3.63) is 33.8 Å². The second-order valence-electron chi connectivity index (χ2n) is 4.64. The number of nitrogens with one attached hydrogen (secondary N) is 1. The van der Waals surface area contributed by atoms with Gasteiger partial charge >= 0.3 is 0 Å². The van der Waals surface area contributed by atoms with Gasteiger partial charge in [-0.1, -0.05) is 41.0 Å². The normalized spacial score (nSPS) is 12.3. The van der Waals surface area contributed by atoms with Crippen molar-refractivity contribution in [3.63, 3.8) is 0 Å². The number of carbonyl (C=O) groups excluding carboxylic acids is 1. The number of amides is 1. The average molecular weight is 342 g/mol. The van der Waals surface area contributed by atoms with Crippen LogP contribution in [0.3, 0.4) is 0 Å². The summed E-state index contributed by atoms with van der Waals surface area (Å²) in [5.41, 5.74) is 6.33. The van der Waals surface area contributed by atoms with E-state index in [-0.39, 0.29) is 11.7 Å². The first-order valence-corrected chi connectivity index (χ1v) is 7.26. The van der Waals surface area contributed by atoms with Crippen LogP contribution in [0.15, 0.2) is 27.8 Å². The van der Waals surface area contributed by atoms with Crippen LogP contribution in [-0.4, -0.2) is 22.5 Å². The summed E-state index contributed by atoms with van der Waals surface area (Å²) in [4.78, 5) is 12.4. The highest BCUT2D eigenvalue weighted by Crippen LogP contribution is 2.21. The van der Waals surface area contributed by atoms with Gasteiger partial charge in [0.15, 0.2) is 5.84 Å². The quantitative estimate of drug-likeness (QED) is 0.333. The number of rotatable bonds is 5. The Labute approximate surface area is 127 Å². The molecule has 0 aliphatic rings. The summed E-state index contributed by atoms with van der Waals surface area (Å²) in [6, 6.07) is 5.43. The Morgan fingerprint density at radius 3 is 2.55 bits per heavy atom. The molecule has 0 heterocycles. The number of halogens is 1.